The number of halogens is 3. The third-order valence-corrected chi connectivity index (χ3v) is 4.52. The van der Waals surface area contributed by atoms with Gasteiger partial charge in [0.25, 0.3) is 0 Å². The van der Waals surface area contributed by atoms with Gasteiger partial charge >= 0.3 is 6.18 Å². The minimum absolute atomic E-state index is 0.103. The van der Waals surface area contributed by atoms with E-state index in [1.165, 1.54) is 6.07 Å². The number of rotatable bonds is 4. The van der Waals surface area contributed by atoms with Crippen LogP contribution in [0.2, 0.25) is 0 Å². The molecule has 5 nitrogen and oxygen atoms in total. The highest BCUT2D eigenvalue weighted by atomic mass is 32.2. The Morgan fingerprint density at radius 1 is 1.24 bits per heavy atom. The number of sulfonamides is 1. The second-order valence-corrected chi connectivity index (χ2v) is 7.90. The first kappa shape index (κ1) is 17.7. The molecule has 1 aliphatic carbocycles. The van der Waals surface area contributed by atoms with E-state index in [1.54, 1.807) is 18.3 Å². The summed E-state index contributed by atoms with van der Waals surface area (Å²) in [6.07, 6.45) is -1.27. The molecule has 2 aromatic rings. The third-order valence-electron chi connectivity index (χ3n) is 3.91. The van der Waals surface area contributed by atoms with Crippen LogP contribution in [0.5, 0.6) is 0 Å². The molecular formula is C16H16F3N3O2S. The van der Waals surface area contributed by atoms with Gasteiger partial charge in [-0.1, -0.05) is 6.07 Å². The SMILES string of the molecule is CS(=O)(=O)Nc1cc(-c2ccc([C@H]3C[C@@H]3N)cn2)cc(C(F)(F)F)c1. The van der Waals surface area contributed by atoms with Crippen molar-refractivity contribution in [2.24, 2.45) is 5.73 Å². The minimum Gasteiger partial charge on any atom is -0.327 e. The van der Waals surface area contributed by atoms with Crippen LogP contribution >= 0.6 is 0 Å². The fourth-order valence-electron chi connectivity index (χ4n) is 2.61. The van der Waals surface area contributed by atoms with Crippen LogP contribution < -0.4 is 10.5 Å². The topological polar surface area (TPSA) is 85.1 Å². The zero-order chi connectivity index (χ0) is 18.4. The average molecular weight is 371 g/mol. The van der Waals surface area contributed by atoms with E-state index in [9.17, 15) is 21.6 Å². The van der Waals surface area contributed by atoms with Crippen molar-refractivity contribution in [1.82, 2.24) is 4.98 Å². The van der Waals surface area contributed by atoms with E-state index < -0.39 is 21.8 Å². The number of anilines is 1. The molecule has 0 aliphatic heterocycles. The number of pyridine rings is 1. The van der Waals surface area contributed by atoms with Crippen molar-refractivity contribution in [2.45, 2.75) is 24.6 Å². The zero-order valence-corrected chi connectivity index (χ0v) is 14.0. The molecule has 3 N–H and O–H groups in total. The Kier molecular flexibility index (Phi) is 4.24. The first-order valence-corrected chi connectivity index (χ1v) is 9.34. The maximum absolute atomic E-state index is 13.1. The highest BCUT2D eigenvalue weighted by Gasteiger charge is 2.35. The Labute approximate surface area is 143 Å². The van der Waals surface area contributed by atoms with Crippen LogP contribution in [0.1, 0.15) is 23.5 Å². The van der Waals surface area contributed by atoms with Gasteiger partial charge in [0, 0.05) is 29.4 Å². The summed E-state index contributed by atoms with van der Waals surface area (Å²) < 4.78 is 64.1. The predicted octanol–water partition coefficient (Wildman–Crippen LogP) is 2.95. The average Bonchev–Trinajstić information content (AvgIpc) is 3.21. The number of benzene rings is 1. The molecule has 25 heavy (non-hydrogen) atoms. The molecule has 1 aromatic carbocycles. The van der Waals surface area contributed by atoms with Gasteiger partial charge in [-0.25, -0.2) is 8.42 Å². The molecule has 1 aromatic heterocycles. The zero-order valence-electron chi connectivity index (χ0n) is 13.2. The predicted molar refractivity (Wildman–Crippen MR) is 88.5 cm³/mol. The Morgan fingerprint density at radius 2 is 1.92 bits per heavy atom. The lowest BCUT2D eigenvalue weighted by atomic mass is 10.0. The molecular weight excluding hydrogens is 355 g/mol. The molecule has 3 rings (SSSR count). The summed E-state index contributed by atoms with van der Waals surface area (Å²) in [5.74, 6) is 0.241. The van der Waals surface area contributed by atoms with Crippen molar-refractivity contribution < 1.29 is 21.6 Å². The number of hydrogen-bond donors (Lipinski definition) is 2. The second kappa shape index (κ2) is 5.99. The number of nitrogens with two attached hydrogens (primary N) is 1. The smallest absolute Gasteiger partial charge is 0.327 e. The van der Waals surface area contributed by atoms with Gasteiger partial charge < -0.3 is 5.73 Å². The number of aromatic nitrogens is 1. The molecule has 0 amide bonds. The molecule has 2 atom stereocenters. The molecule has 0 bridgehead atoms. The normalized spacial score (nSPS) is 20.4. The van der Waals surface area contributed by atoms with Crippen LogP contribution in [-0.2, 0) is 16.2 Å². The van der Waals surface area contributed by atoms with Crippen LogP contribution in [0.3, 0.4) is 0 Å². The van der Waals surface area contributed by atoms with Crippen molar-refractivity contribution in [1.29, 1.82) is 0 Å². The summed E-state index contributed by atoms with van der Waals surface area (Å²) in [7, 11) is -3.71. The fourth-order valence-corrected chi connectivity index (χ4v) is 3.15. The summed E-state index contributed by atoms with van der Waals surface area (Å²) in [4.78, 5) is 4.21. The van der Waals surface area contributed by atoms with E-state index in [0.717, 1.165) is 30.4 Å². The number of nitrogens with zero attached hydrogens (tertiary/aromatic N) is 1. The van der Waals surface area contributed by atoms with Gasteiger partial charge in [0.2, 0.25) is 10.0 Å². The van der Waals surface area contributed by atoms with Gasteiger partial charge in [0.15, 0.2) is 0 Å². The molecule has 0 unspecified atom stereocenters. The maximum atomic E-state index is 13.1. The van der Waals surface area contributed by atoms with Crippen molar-refractivity contribution in [3.63, 3.8) is 0 Å². The molecule has 1 fully saturated rings. The molecule has 1 heterocycles. The Balaban J connectivity index is 2.00. The quantitative estimate of drug-likeness (QED) is 0.865. The van der Waals surface area contributed by atoms with Crippen LogP contribution in [-0.4, -0.2) is 25.7 Å². The van der Waals surface area contributed by atoms with Gasteiger partial charge in [-0.15, -0.1) is 0 Å². The Morgan fingerprint density at radius 3 is 2.40 bits per heavy atom. The Hall–Kier alpha value is -2.13. The van der Waals surface area contributed by atoms with E-state index in [0.29, 0.717) is 5.69 Å². The largest absolute Gasteiger partial charge is 0.416 e. The summed E-state index contributed by atoms with van der Waals surface area (Å²) in [5.41, 5.74) is 6.10. The molecule has 9 heteroatoms. The summed E-state index contributed by atoms with van der Waals surface area (Å²) in [6, 6.07) is 6.51. The van der Waals surface area contributed by atoms with Crippen molar-refractivity contribution in [3.8, 4) is 11.3 Å². The third kappa shape index (κ3) is 4.29. The number of alkyl halides is 3. The monoisotopic (exact) mass is 371 g/mol. The second-order valence-electron chi connectivity index (χ2n) is 6.15. The highest BCUT2D eigenvalue weighted by molar-refractivity contribution is 7.92. The lowest BCUT2D eigenvalue weighted by molar-refractivity contribution is -0.137. The van der Waals surface area contributed by atoms with E-state index in [-0.39, 0.29) is 23.2 Å². The van der Waals surface area contributed by atoms with Crippen LogP contribution in [0.4, 0.5) is 18.9 Å². The molecule has 0 spiro atoms. The summed E-state index contributed by atoms with van der Waals surface area (Å²) in [6.45, 7) is 0. The lowest BCUT2D eigenvalue weighted by Gasteiger charge is -2.13. The van der Waals surface area contributed by atoms with Gasteiger partial charge in [-0.05, 0) is 36.2 Å². The molecule has 0 saturated heterocycles. The summed E-state index contributed by atoms with van der Waals surface area (Å²) in [5, 5.41) is 0. The first-order chi connectivity index (χ1) is 11.5. The first-order valence-electron chi connectivity index (χ1n) is 7.45. The number of hydrogen-bond acceptors (Lipinski definition) is 4. The van der Waals surface area contributed by atoms with Gasteiger partial charge in [-0.2, -0.15) is 13.2 Å². The summed E-state index contributed by atoms with van der Waals surface area (Å²) >= 11 is 0. The Bertz CT molecular complexity index is 896. The fraction of sp³-hybridized carbons (Fsp3) is 0.312. The van der Waals surface area contributed by atoms with Crippen molar-refractivity contribution in [3.05, 3.63) is 47.7 Å². The molecule has 134 valence electrons. The van der Waals surface area contributed by atoms with E-state index >= 15 is 0 Å². The minimum atomic E-state index is -4.61. The van der Waals surface area contributed by atoms with Crippen molar-refractivity contribution in [2.75, 3.05) is 11.0 Å². The molecule has 1 aliphatic rings. The van der Waals surface area contributed by atoms with E-state index in [2.05, 4.69) is 9.71 Å². The van der Waals surface area contributed by atoms with Crippen molar-refractivity contribution >= 4 is 15.7 Å². The maximum Gasteiger partial charge on any atom is 0.416 e. The highest BCUT2D eigenvalue weighted by Crippen LogP contribution is 2.39. The number of nitrogens with one attached hydrogen (secondary N) is 1. The standard InChI is InChI=1S/C16H16F3N3O2S/c1-25(23,24)22-12-5-10(4-11(6-12)16(17,18)19)15-3-2-9(8-21-15)13-7-14(13)20/h2-6,8,13-14,22H,7,20H2,1H3/t13-,14+/m1/s1. The van der Waals surface area contributed by atoms with Crippen LogP contribution in [0.25, 0.3) is 11.3 Å². The molecule has 0 radical (unpaired) electrons. The van der Waals surface area contributed by atoms with Crippen LogP contribution in [0.15, 0.2) is 36.5 Å². The van der Waals surface area contributed by atoms with Crippen LogP contribution in [0, 0.1) is 0 Å². The molecule has 1 saturated carbocycles. The van der Waals surface area contributed by atoms with Gasteiger partial charge in [0.1, 0.15) is 0 Å². The van der Waals surface area contributed by atoms with Gasteiger partial charge in [0.05, 0.1) is 17.5 Å². The van der Waals surface area contributed by atoms with E-state index in [1.807, 2.05) is 0 Å². The lowest BCUT2D eigenvalue weighted by Crippen LogP contribution is -2.12. The van der Waals surface area contributed by atoms with E-state index in [4.69, 9.17) is 5.73 Å². The van der Waals surface area contributed by atoms with Gasteiger partial charge in [-0.3, -0.25) is 9.71 Å².